The highest BCUT2D eigenvalue weighted by molar-refractivity contribution is 6.32. The second-order valence-corrected chi connectivity index (χ2v) is 6.20. The Balaban J connectivity index is 2.03. The maximum atomic E-state index is 12.5. The van der Waals surface area contributed by atoms with Gasteiger partial charge in [-0.2, -0.15) is 0 Å². The summed E-state index contributed by atoms with van der Waals surface area (Å²) in [7, 11) is 3.50. The number of rotatable bonds is 8. The van der Waals surface area contributed by atoms with Crippen LogP contribution in [0.25, 0.3) is 0 Å². The van der Waals surface area contributed by atoms with Gasteiger partial charge in [-0.05, 0) is 50.7 Å². The minimum Gasteiger partial charge on any atom is -0.493 e. The van der Waals surface area contributed by atoms with Gasteiger partial charge in [-0.1, -0.05) is 17.7 Å². The highest BCUT2D eigenvalue weighted by atomic mass is 35.5. The minimum absolute atomic E-state index is 0.152. The van der Waals surface area contributed by atoms with Crippen LogP contribution in [0, 0.1) is 0 Å². The third-order valence-electron chi connectivity index (χ3n) is 4.02. The molecule has 0 saturated carbocycles. The number of ether oxygens (including phenoxy) is 2. The maximum absolute atomic E-state index is 12.5. The Bertz CT molecular complexity index is 755. The van der Waals surface area contributed by atoms with E-state index in [1.54, 1.807) is 25.4 Å². The van der Waals surface area contributed by atoms with Crippen LogP contribution in [0.2, 0.25) is 5.15 Å². The van der Waals surface area contributed by atoms with E-state index in [9.17, 15) is 4.79 Å². The minimum atomic E-state index is -0.358. The quantitative estimate of drug-likeness (QED) is 0.712. The number of likely N-dealkylation sites (N-methyl/N-ethyl adjacent to an activating group) is 1. The number of carbonyl (C=O) groups is 1. The lowest BCUT2D eigenvalue weighted by molar-refractivity contribution is -0.120. The maximum Gasteiger partial charge on any atom is 0.241 e. The van der Waals surface area contributed by atoms with E-state index in [-0.39, 0.29) is 17.1 Å². The van der Waals surface area contributed by atoms with E-state index in [2.05, 4.69) is 10.3 Å². The van der Waals surface area contributed by atoms with Gasteiger partial charge in [-0.25, -0.2) is 4.98 Å². The van der Waals surface area contributed by atoms with Gasteiger partial charge < -0.3 is 14.8 Å². The van der Waals surface area contributed by atoms with Gasteiger partial charge in [0.15, 0.2) is 16.7 Å². The van der Waals surface area contributed by atoms with Crippen LogP contribution in [0.5, 0.6) is 11.5 Å². The molecule has 1 aromatic carbocycles. The summed E-state index contributed by atoms with van der Waals surface area (Å²) in [5.41, 5.74) is 1.52. The summed E-state index contributed by atoms with van der Waals surface area (Å²) in [6, 6.07) is 8.85. The lowest BCUT2D eigenvalue weighted by Gasteiger charge is -2.24. The number of anilines is 1. The molecule has 0 aliphatic heterocycles. The molecule has 2 aromatic rings. The first-order valence-electron chi connectivity index (χ1n) is 8.37. The molecule has 0 saturated heterocycles. The van der Waals surface area contributed by atoms with Crippen molar-refractivity contribution in [3.05, 3.63) is 47.2 Å². The molecule has 0 aliphatic rings. The molecule has 0 unspecified atom stereocenters. The van der Waals surface area contributed by atoms with Crippen molar-refractivity contribution in [2.45, 2.75) is 26.4 Å². The average molecular weight is 378 g/mol. The van der Waals surface area contributed by atoms with Gasteiger partial charge in [-0.3, -0.25) is 9.69 Å². The molecule has 2 rings (SSSR count). The SMILES string of the molecule is CCOc1ccc(CN(C)[C@@H](C)C(=O)Nc2cccnc2Cl)cc1OC. The van der Waals surface area contributed by atoms with Gasteiger partial charge in [0, 0.05) is 12.7 Å². The smallest absolute Gasteiger partial charge is 0.241 e. The number of hydrogen-bond acceptors (Lipinski definition) is 5. The molecule has 0 radical (unpaired) electrons. The van der Waals surface area contributed by atoms with Gasteiger partial charge in [0.25, 0.3) is 0 Å². The van der Waals surface area contributed by atoms with Gasteiger partial charge in [0.2, 0.25) is 5.91 Å². The first kappa shape index (κ1) is 20.0. The summed E-state index contributed by atoms with van der Waals surface area (Å²) < 4.78 is 10.9. The molecular weight excluding hydrogens is 354 g/mol. The number of amides is 1. The number of carbonyl (C=O) groups excluding carboxylic acids is 1. The zero-order chi connectivity index (χ0) is 19.1. The fraction of sp³-hybridized carbons (Fsp3) is 0.368. The predicted molar refractivity (Wildman–Crippen MR) is 103 cm³/mol. The molecule has 140 valence electrons. The first-order chi connectivity index (χ1) is 12.5. The van der Waals surface area contributed by atoms with Crippen LogP contribution in [-0.2, 0) is 11.3 Å². The van der Waals surface area contributed by atoms with Crippen molar-refractivity contribution in [3.63, 3.8) is 0 Å². The van der Waals surface area contributed by atoms with Crippen molar-refractivity contribution >= 4 is 23.2 Å². The van der Waals surface area contributed by atoms with E-state index in [1.807, 2.05) is 44.0 Å². The monoisotopic (exact) mass is 377 g/mol. The molecule has 1 heterocycles. The van der Waals surface area contributed by atoms with Crippen LogP contribution in [0.1, 0.15) is 19.4 Å². The average Bonchev–Trinajstić information content (AvgIpc) is 2.64. The molecule has 0 aliphatic carbocycles. The number of hydrogen-bond donors (Lipinski definition) is 1. The van der Waals surface area contributed by atoms with Crippen LogP contribution >= 0.6 is 11.6 Å². The molecule has 0 fully saturated rings. The zero-order valence-corrected chi connectivity index (χ0v) is 16.2. The number of benzene rings is 1. The summed E-state index contributed by atoms with van der Waals surface area (Å²) in [4.78, 5) is 18.4. The molecule has 1 aromatic heterocycles. The van der Waals surface area contributed by atoms with Gasteiger partial charge >= 0.3 is 0 Å². The lowest BCUT2D eigenvalue weighted by atomic mass is 10.1. The number of aromatic nitrogens is 1. The third kappa shape index (κ3) is 5.09. The summed E-state index contributed by atoms with van der Waals surface area (Å²) in [6.07, 6.45) is 1.58. The van der Waals surface area contributed by atoms with Crippen molar-refractivity contribution in [2.24, 2.45) is 0 Å². The molecule has 26 heavy (non-hydrogen) atoms. The Morgan fingerprint density at radius 1 is 1.35 bits per heavy atom. The Morgan fingerprint density at radius 2 is 2.12 bits per heavy atom. The molecule has 0 spiro atoms. The van der Waals surface area contributed by atoms with Crippen molar-refractivity contribution in [1.29, 1.82) is 0 Å². The van der Waals surface area contributed by atoms with Crippen molar-refractivity contribution in [3.8, 4) is 11.5 Å². The van der Waals surface area contributed by atoms with E-state index in [4.69, 9.17) is 21.1 Å². The summed E-state index contributed by atoms with van der Waals surface area (Å²) in [6.45, 7) is 4.92. The van der Waals surface area contributed by atoms with Crippen LogP contribution < -0.4 is 14.8 Å². The third-order valence-corrected chi connectivity index (χ3v) is 4.32. The molecule has 6 nitrogen and oxygen atoms in total. The summed E-state index contributed by atoms with van der Waals surface area (Å²) >= 11 is 5.99. The van der Waals surface area contributed by atoms with Gasteiger partial charge in [0.1, 0.15) is 0 Å². The fourth-order valence-electron chi connectivity index (χ4n) is 2.43. The zero-order valence-electron chi connectivity index (χ0n) is 15.5. The lowest BCUT2D eigenvalue weighted by Crippen LogP contribution is -2.39. The van der Waals surface area contributed by atoms with Crippen molar-refractivity contribution < 1.29 is 14.3 Å². The summed E-state index contributed by atoms with van der Waals surface area (Å²) in [5, 5.41) is 3.08. The number of pyridine rings is 1. The number of nitrogens with one attached hydrogen (secondary N) is 1. The Morgan fingerprint density at radius 3 is 2.77 bits per heavy atom. The Hall–Kier alpha value is -2.31. The van der Waals surface area contributed by atoms with E-state index in [0.29, 0.717) is 30.3 Å². The largest absolute Gasteiger partial charge is 0.493 e. The number of methoxy groups -OCH3 is 1. The molecule has 1 amide bonds. The fourth-order valence-corrected chi connectivity index (χ4v) is 2.59. The Labute approximate surface area is 159 Å². The standard InChI is InChI=1S/C19H24ClN3O3/c1-5-26-16-9-8-14(11-17(16)25-4)12-23(3)13(2)19(24)22-15-7-6-10-21-18(15)20/h6-11,13H,5,12H2,1-4H3,(H,22,24)/t13-/m0/s1. The van der Waals surface area contributed by atoms with Crippen molar-refractivity contribution in [1.82, 2.24) is 9.88 Å². The topological polar surface area (TPSA) is 63.7 Å². The Kier molecular flexibility index (Phi) is 7.24. The van der Waals surface area contributed by atoms with E-state index >= 15 is 0 Å². The molecule has 7 heteroatoms. The number of nitrogens with zero attached hydrogens (tertiary/aromatic N) is 2. The molecule has 1 N–H and O–H groups in total. The van der Waals surface area contributed by atoms with Crippen LogP contribution in [-0.4, -0.2) is 42.6 Å². The highest BCUT2D eigenvalue weighted by Crippen LogP contribution is 2.28. The van der Waals surface area contributed by atoms with Crippen LogP contribution in [0.4, 0.5) is 5.69 Å². The predicted octanol–water partition coefficient (Wildman–Crippen LogP) is 3.60. The van der Waals surface area contributed by atoms with Gasteiger partial charge in [0.05, 0.1) is 25.4 Å². The highest BCUT2D eigenvalue weighted by Gasteiger charge is 2.19. The summed E-state index contributed by atoms with van der Waals surface area (Å²) in [5.74, 6) is 1.23. The first-order valence-corrected chi connectivity index (χ1v) is 8.75. The van der Waals surface area contributed by atoms with E-state index in [1.165, 1.54) is 0 Å². The van der Waals surface area contributed by atoms with E-state index < -0.39 is 0 Å². The molecule has 1 atom stereocenters. The number of halogens is 1. The molecule has 0 bridgehead atoms. The van der Waals surface area contributed by atoms with Crippen molar-refractivity contribution in [2.75, 3.05) is 26.1 Å². The van der Waals surface area contributed by atoms with Gasteiger partial charge in [-0.15, -0.1) is 0 Å². The van der Waals surface area contributed by atoms with Crippen LogP contribution in [0.3, 0.4) is 0 Å². The van der Waals surface area contributed by atoms with E-state index in [0.717, 1.165) is 5.56 Å². The normalized spacial score (nSPS) is 11.9. The van der Waals surface area contributed by atoms with Crippen LogP contribution in [0.15, 0.2) is 36.5 Å². The second-order valence-electron chi connectivity index (χ2n) is 5.84. The second kappa shape index (κ2) is 9.40. The molecular formula is C19H24ClN3O3.